The zero-order valence-electron chi connectivity index (χ0n) is 18.3. The lowest BCUT2D eigenvalue weighted by Gasteiger charge is -2.41. The molecule has 172 valence electrons. The monoisotopic (exact) mass is 452 g/mol. The van der Waals surface area contributed by atoms with Gasteiger partial charge in [0.05, 0.1) is 18.2 Å². The summed E-state index contributed by atoms with van der Waals surface area (Å²) < 4.78 is 28.7. The van der Waals surface area contributed by atoms with E-state index in [4.69, 9.17) is 6.42 Å². The van der Waals surface area contributed by atoms with Crippen molar-refractivity contribution in [1.29, 1.82) is 0 Å². The summed E-state index contributed by atoms with van der Waals surface area (Å²) in [6, 6.07) is 7.84. The van der Waals surface area contributed by atoms with Crippen molar-refractivity contribution in [2.75, 3.05) is 6.61 Å². The van der Waals surface area contributed by atoms with Gasteiger partial charge < -0.3 is 20.1 Å². The molecule has 0 saturated heterocycles. The molecule has 0 bridgehead atoms. The molecule has 1 amide bonds. The molecule has 1 aliphatic rings. The third kappa shape index (κ3) is 4.12. The number of fused-ring (bicyclic) bond motifs is 3. The first-order valence-electron chi connectivity index (χ1n) is 11.1. The lowest BCUT2D eigenvalue weighted by Crippen LogP contribution is -2.47. The number of benzene rings is 2. The van der Waals surface area contributed by atoms with E-state index in [9.17, 15) is 19.4 Å². The number of nitrogens with zero attached hydrogens (tertiary/aromatic N) is 1. The Morgan fingerprint density at radius 3 is 2.67 bits per heavy atom. The number of carbonyl (C=O) groups is 1. The fourth-order valence-electron chi connectivity index (χ4n) is 4.79. The number of rotatable bonds is 6. The first-order chi connectivity index (χ1) is 15.9. The number of aliphatic hydroxyl groups is 2. The van der Waals surface area contributed by atoms with E-state index in [0.29, 0.717) is 29.5 Å². The average molecular weight is 453 g/mol. The number of unbranched alkanes of at least 4 members (excludes halogenated alkanes) is 1. The van der Waals surface area contributed by atoms with E-state index < -0.39 is 36.3 Å². The summed E-state index contributed by atoms with van der Waals surface area (Å²) in [5.74, 6) is 0.771. The molecular formula is C26H26F2N2O3. The number of H-pyrrole nitrogens is 1. The molecule has 2 aromatic carbocycles. The summed E-state index contributed by atoms with van der Waals surface area (Å²) in [6.07, 6.45) is 7.28. The van der Waals surface area contributed by atoms with Crippen molar-refractivity contribution in [1.82, 2.24) is 9.88 Å². The molecule has 0 aliphatic carbocycles. The van der Waals surface area contributed by atoms with Gasteiger partial charge in [-0.05, 0) is 59.7 Å². The van der Waals surface area contributed by atoms with E-state index in [1.165, 1.54) is 18.2 Å². The van der Waals surface area contributed by atoms with Gasteiger partial charge >= 0.3 is 0 Å². The molecule has 3 N–H and O–H groups in total. The van der Waals surface area contributed by atoms with Crippen LogP contribution in [0.15, 0.2) is 36.4 Å². The minimum atomic E-state index is -1.21. The largest absolute Gasteiger partial charge is 0.393 e. The van der Waals surface area contributed by atoms with Gasteiger partial charge in [0.2, 0.25) is 0 Å². The highest BCUT2D eigenvalue weighted by atomic mass is 19.1. The van der Waals surface area contributed by atoms with Crippen LogP contribution in [0.1, 0.15) is 60.7 Å². The van der Waals surface area contributed by atoms with Gasteiger partial charge in [-0.2, -0.15) is 0 Å². The molecule has 5 nitrogen and oxygen atoms in total. The predicted molar refractivity (Wildman–Crippen MR) is 121 cm³/mol. The minimum Gasteiger partial charge on any atom is -0.393 e. The van der Waals surface area contributed by atoms with Crippen LogP contribution < -0.4 is 0 Å². The van der Waals surface area contributed by atoms with Gasteiger partial charge in [-0.1, -0.05) is 31.9 Å². The first-order valence-corrected chi connectivity index (χ1v) is 11.1. The van der Waals surface area contributed by atoms with Crippen LogP contribution in [0.25, 0.3) is 10.9 Å². The number of terminal acetylenes is 1. The first kappa shape index (κ1) is 23.0. The molecule has 7 heteroatoms. The lowest BCUT2D eigenvalue weighted by molar-refractivity contribution is -0.130. The van der Waals surface area contributed by atoms with Gasteiger partial charge in [-0.15, -0.1) is 6.42 Å². The molecule has 2 heterocycles. The molecule has 0 radical (unpaired) electrons. The van der Waals surface area contributed by atoms with Crippen LogP contribution in [0.5, 0.6) is 0 Å². The second kappa shape index (κ2) is 9.34. The van der Waals surface area contributed by atoms with Crippen LogP contribution in [-0.2, 0) is 11.2 Å². The van der Waals surface area contributed by atoms with Gasteiger partial charge in [-0.3, -0.25) is 4.79 Å². The van der Waals surface area contributed by atoms with Crippen molar-refractivity contribution in [2.24, 2.45) is 0 Å². The van der Waals surface area contributed by atoms with Crippen molar-refractivity contribution >= 4 is 16.8 Å². The number of aromatic amines is 1. The maximum Gasteiger partial charge on any atom is 0.299 e. The van der Waals surface area contributed by atoms with E-state index in [-0.39, 0.29) is 17.1 Å². The van der Waals surface area contributed by atoms with Gasteiger partial charge in [0.1, 0.15) is 17.7 Å². The lowest BCUT2D eigenvalue weighted by atomic mass is 9.85. The number of amides is 1. The average Bonchev–Trinajstić information content (AvgIpc) is 3.20. The van der Waals surface area contributed by atoms with Crippen molar-refractivity contribution < 1.29 is 23.8 Å². The van der Waals surface area contributed by atoms with Gasteiger partial charge in [-0.25, -0.2) is 8.78 Å². The Hall–Kier alpha value is -3.21. The molecule has 4 rings (SSSR count). The second-order valence-corrected chi connectivity index (χ2v) is 8.45. The maximum absolute atomic E-state index is 15.0. The zero-order valence-corrected chi connectivity index (χ0v) is 18.3. The van der Waals surface area contributed by atoms with Crippen molar-refractivity contribution in [2.45, 2.75) is 50.8 Å². The highest BCUT2D eigenvalue weighted by Crippen LogP contribution is 2.43. The highest BCUT2D eigenvalue weighted by molar-refractivity contribution is 5.95. The van der Waals surface area contributed by atoms with Crippen LogP contribution in [0, 0.1) is 24.0 Å². The van der Waals surface area contributed by atoms with Gasteiger partial charge in [0.15, 0.2) is 0 Å². The molecule has 1 aliphatic heterocycles. The van der Waals surface area contributed by atoms with E-state index >= 15 is 4.39 Å². The fraction of sp³-hybridized carbons (Fsp3) is 0.346. The normalized spacial score (nSPS) is 18.7. The molecule has 1 unspecified atom stereocenters. The number of hydrogen-bond acceptors (Lipinski definition) is 3. The summed E-state index contributed by atoms with van der Waals surface area (Å²) in [6.45, 7) is 1.53. The third-order valence-electron chi connectivity index (χ3n) is 6.40. The van der Waals surface area contributed by atoms with Crippen LogP contribution in [-0.4, -0.2) is 38.7 Å². The van der Waals surface area contributed by atoms with Gasteiger partial charge in [0, 0.05) is 17.1 Å². The molecule has 3 atom stereocenters. The van der Waals surface area contributed by atoms with E-state index in [2.05, 4.69) is 17.8 Å². The Morgan fingerprint density at radius 2 is 2.03 bits per heavy atom. The second-order valence-electron chi connectivity index (χ2n) is 8.45. The summed E-state index contributed by atoms with van der Waals surface area (Å²) in [5, 5.41) is 20.0. The molecule has 0 saturated carbocycles. The number of carbonyl (C=O) groups excluding carboxylic acids is 1. The van der Waals surface area contributed by atoms with E-state index in [1.54, 1.807) is 23.1 Å². The molecule has 33 heavy (non-hydrogen) atoms. The fourth-order valence-corrected chi connectivity index (χ4v) is 4.79. The number of aromatic nitrogens is 1. The predicted octanol–water partition coefficient (Wildman–Crippen LogP) is 4.14. The maximum atomic E-state index is 15.0. The van der Waals surface area contributed by atoms with Crippen LogP contribution in [0.4, 0.5) is 8.78 Å². The molecule has 0 fully saturated rings. The Morgan fingerprint density at radius 1 is 1.30 bits per heavy atom. The number of halogens is 2. The Kier molecular flexibility index (Phi) is 6.50. The number of hydrogen-bond donors (Lipinski definition) is 3. The highest BCUT2D eigenvalue weighted by Gasteiger charge is 2.40. The summed E-state index contributed by atoms with van der Waals surface area (Å²) in [7, 11) is 0. The van der Waals surface area contributed by atoms with Gasteiger partial charge in [0.25, 0.3) is 5.91 Å². The SMILES string of the molecule is C#CC(=O)N1[C@@H](CCCC)Cc2c([nH]c3c(F)cc(C(O)CO)cc23)[C@@H]1c1ccc(F)cc1. The standard InChI is InChI=1S/C26H26F2N2O3/c1-3-5-6-18-13-20-19-11-16(22(32)14-31)12-21(28)24(19)29-25(20)26(30(18)23(33)4-2)15-7-9-17(27)10-8-15/h2,7-12,18,22,26,29,31-32H,3,5-6,13-14H2,1H3/t18-,22?,26-/m0/s1. The van der Waals surface area contributed by atoms with Crippen molar-refractivity contribution in [3.05, 3.63) is 70.4 Å². The zero-order chi connectivity index (χ0) is 23.7. The topological polar surface area (TPSA) is 76.6 Å². The van der Waals surface area contributed by atoms with Crippen LogP contribution in [0.3, 0.4) is 0 Å². The molecule has 3 aromatic rings. The van der Waals surface area contributed by atoms with Crippen LogP contribution >= 0.6 is 0 Å². The molecule has 0 spiro atoms. The number of nitrogens with one attached hydrogen (secondary N) is 1. The Balaban J connectivity index is 1.97. The summed E-state index contributed by atoms with van der Waals surface area (Å²) >= 11 is 0. The smallest absolute Gasteiger partial charge is 0.299 e. The van der Waals surface area contributed by atoms with E-state index in [0.717, 1.165) is 18.4 Å². The van der Waals surface area contributed by atoms with Crippen molar-refractivity contribution in [3.8, 4) is 12.3 Å². The Labute approximate surface area is 191 Å². The number of aliphatic hydroxyl groups excluding tert-OH is 2. The quantitative estimate of drug-likeness (QED) is 0.492. The summed E-state index contributed by atoms with van der Waals surface area (Å²) in [4.78, 5) is 17.7. The Bertz CT molecular complexity index is 1210. The van der Waals surface area contributed by atoms with Crippen molar-refractivity contribution in [3.63, 3.8) is 0 Å². The van der Waals surface area contributed by atoms with E-state index in [1.807, 2.05) is 0 Å². The molecular weight excluding hydrogens is 426 g/mol. The molecule has 1 aromatic heterocycles. The van der Waals surface area contributed by atoms with Crippen LogP contribution in [0.2, 0.25) is 0 Å². The minimum absolute atomic E-state index is 0.232. The summed E-state index contributed by atoms with van der Waals surface area (Å²) in [5.41, 5.74) is 2.63. The third-order valence-corrected chi connectivity index (χ3v) is 6.40.